The second kappa shape index (κ2) is 4.29. The molecule has 1 saturated heterocycles. The first-order valence-corrected chi connectivity index (χ1v) is 7.27. The molecule has 0 amide bonds. The quantitative estimate of drug-likeness (QED) is 0.633. The van der Waals surface area contributed by atoms with Gasteiger partial charge < -0.3 is 20.1 Å². The highest BCUT2D eigenvalue weighted by atomic mass is 16.6. The lowest BCUT2D eigenvalue weighted by atomic mass is 9.73. The van der Waals surface area contributed by atoms with Crippen molar-refractivity contribution in [3.05, 3.63) is 11.1 Å². The van der Waals surface area contributed by atoms with Crippen molar-refractivity contribution in [2.75, 3.05) is 0 Å². The van der Waals surface area contributed by atoms with Crippen molar-refractivity contribution in [1.82, 2.24) is 0 Å². The highest BCUT2D eigenvalue weighted by Crippen LogP contribution is 2.61. The van der Waals surface area contributed by atoms with E-state index in [1.807, 2.05) is 0 Å². The minimum atomic E-state index is -1.87. The summed E-state index contributed by atoms with van der Waals surface area (Å²) in [4.78, 5) is 11.4. The Balaban J connectivity index is 2.05. The van der Waals surface area contributed by atoms with Gasteiger partial charge in [-0.3, -0.25) is 0 Å². The Morgan fingerprint density at radius 2 is 2.05 bits per heavy atom. The largest absolute Gasteiger partial charge is 0.479 e. The summed E-state index contributed by atoms with van der Waals surface area (Å²) in [5.74, 6) is -1.12. The molecular formula is C15H22O5. The maximum atomic E-state index is 11.4. The minimum absolute atomic E-state index is 0.126. The topological polar surface area (TPSA) is 87.0 Å². The van der Waals surface area contributed by atoms with E-state index in [1.54, 1.807) is 0 Å². The number of carboxylic acid groups (broad SMARTS) is 1. The molecule has 1 spiro atoms. The molecular weight excluding hydrogens is 260 g/mol. The van der Waals surface area contributed by atoms with Crippen LogP contribution in [0.1, 0.15) is 46.0 Å². The number of aliphatic hydroxyl groups excluding tert-OH is 1. The summed E-state index contributed by atoms with van der Waals surface area (Å²) >= 11 is 0. The van der Waals surface area contributed by atoms with Gasteiger partial charge in [-0.2, -0.15) is 0 Å². The van der Waals surface area contributed by atoms with Gasteiger partial charge in [0, 0.05) is 5.41 Å². The van der Waals surface area contributed by atoms with Crippen molar-refractivity contribution in [3.63, 3.8) is 0 Å². The van der Waals surface area contributed by atoms with Crippen molar-refractivity contribution in [2.45, 2.75) is 63.9 Å². The van der Waals surface area contributed by atoms with Crippen LogP contribution in [0.3, 0.4) is 0 Å². The van der Waals surface area contributed by atoms with Gasteiger partial charge in [-0.1, -0.05) is 11.1 Å². The molecule has 0 unspecified atom stereocenters. The lowest BCUT2D eigenvalue weighted by molar-refractivity contribution is -0.204. The van der Waals surface area contributed by atoms with Gasteiger partial charge in [0.05, 0.1) is 0 Å². The molecule has 1 aliphatic heterocycles. The molecule has 0 aromatic rings. The molecule has 3 N–H and O–H groups in total. The fourth-order valence-corrected chi connectivity index (χ4v) is 4.50. The minimum Gasteiger partial charge on any atom is -0.479 e. The average Bonchev–Trinajstić information content (AvgIpc) is 2.86. The molecule has 0 radical (unpaired) electrons. The van der Waals surface area contributed by atoms with E-state index < -0.39 is 29.4 Å². The molecule has 3 rings (SSSR count). The van der Waals surface area contributed by atoms with Gasteiger partial charge in [-0.15, -0.1) is 0 Å². The summed E-state index contributed by atoms with van der Waals surface area (Å²) in [6.07, 6.45) is 1.18. The Kier molecular flexibility index (Phi) is 3.01. The maximum absolute atomic E-state index is 11.4. The number of allylic oxidation sites excluding steroid dienone is 2. The summed E-state index contributed by atoms with van der Waals surface area (Å²) in [6.45, 7) is 4.12. The molecule has 3 fully saturated rings. The zero-order chi connectivity index (χ0) is 14.7. The molecule has 5 heteroatoms. The SMILES string of the molecule is CC(C)=C1CC[C@@]23C[C@@H](O[C@H]2O)[C@@](O)(C(=O)O)CC[C@@H]13. The number of carbonyl (C=O) groups is 1. The van der Waals surface area contributed by atoms with E-state index in [-0.39, 0.29) is 12.3 Å². The van der Waals surface area contributed by atoms with Crippen molar-refractivity contribution in [1.29, 1.82) is 0 Å². The predicted octanol–water partition coefficient (Wildman–Crippen LogP) is 1.44. The van der Waals surface area contributed by atoms with E-state index in [2.05, 4.69) is 13.8 Å². The van der Waals surface area contributed by atoms with Crippen LogP contribution >= 0.6 is 0 Å². The van der Waals surface area contributed by atoms with Gasteiger partial charge in [0.15, 0.2) is 11.9 Å². The molecule has 5 atom stereocenters. The van der Waals surface area contributed by atoms with E-state index in [1.165, 1.54) is 11.1 Å². The van der Waals surface area contributed by atoms with E-state index in [0.717, 1.165) is 12.8 Å². The number of hydrogen-bond donors (Lipinski definition) is 3. The predicted molar refractivity (Wildman–Crippen MR) is 70.8 cm³/mol. The third-order valence-corrected chi connectivity index (χ3v) is 5.68. The Morgan fingerprint density at radius 1 is 1.35 bits per heavy atom. The fourth-order valence-electron chi connectivity index (χ4n) is 4.50. The number of ether oxygens (including phenoxy) is 1. The summed E-state index contributed by atoms with van der Waals surface area (Å²) < 4.78 is 5.48. The lowest BCUT2D eigenvalue weighted by Crippen LogP contribution is -2.49. The monoisotopic (exact) mass is 282 g/mol. The zero-order valence-electron chi connectivity index (χ0n) is 11.9. The lowest BCUT2D eigenvalue weighted by Gasteiger charge is -2.34. The second-order valence-corrected chi connectivity index (χ2v) is 6.76. The number of hydrogen-bond acceptors (Lipinski definition) is 4. The first kappa shape index (κ1) is 14.0. The summed E-state index contributed by atoms with van der Waals surface area (Å²) in [6, 6.07) is 0. The van der Waals surface area contributed by atoms with Crippen molar-refractivity contribution in [3.8, 4) is 0 Å². The highest BCUT2D eigenvalue weighted by molar-refractivity contribution is 5.78. The summed E-state index contributed by atoms with van der Waals surface area (Å²) in [7, 11) is 0. The van der Waals surface area contributed by atoms with Crippen LogP contribution in [0.4, 0.5) is 0 Å². The summed E-state index contributed by atoms with van der Waals surface area (Å²) in [5, 5.41) is 30.1. The Morgan fingerprint density at radius 3 is 2.65 bits per heavy atom. The maximum Gasteiger partial charge on any atom is 0.338 e. The number of aliphatic carboxylic acids is 1. The van der Waals surface area contributed by atoms with Crippen LogP contribution in [-0.4, -0.2) is 39.3 Å². The smallest absolute Gasteiger partial charge is 0.338 e. The van der Waals surface area contributed by atoms with Gasteiger partial charge in [-0.05, 0) is 51.9 Å². The number of fused-ring (bicyclic) bond motifs is 1. The third-order valence-electron chi connectivity index (χ3n) is 5.68. The highest BCUT2D eigenvalue weighted by Gasteiger charge is 2.64. The number of aliphatic hydroxyl groups is 2. The first-order valence-electron chi connectivity index (χ1n) is 7.27. The zero-order valence-corrected chi connectivity index (χ0v) is 11.9. The van der Waals surface area contributed by atoms with Gasteiger partial charge in [0.2, 0.25) is 0 Å². The molecule has 1 heterocycles. The van der Waals surface area contributed by atoms with Crippen molar-refractivity contribution < 1.29 is 24.9 Å². The normalized spacial score (nSPS) is 47.0. The van der Waals surface area contributed by atoms with Crippen LogP contribution in [0, 0.1) is 11.3 Å². The molecule has 112 valence electrons. The second-order valence-electron chi connectivity index (χ2n) is 6.76. The van der Waals surface area contributed by atoms with E-state index in [0.29, 0.717) is 12.8 Å². The molecule has 0 aromatic heterocycles. The van der Waals surface area contributed by atoms with Crippen LogP contribution in [0.25, 0.3) is 0 Å². The standard InChI is InChI=1S/C15H22O5/c1-8(2)9-3-5-14-7-11(20-13(14)18)15(19,12(16)17)6-4-10(9)14/h10-11,13,18-19H,3-7H2,1-2H3,(H,16,17)/t10-,11+,13+,14-,15+/m0/s1. The van der Waals surface area contributed by atoms with Crippen molar-refractivity contribution >= 4 is 5.97 Å². The van der Waals surface area contributed by atoms with Gasteiger partial charge in [-0.25, -0.2) is 4.79 Å². The first-order chi connectivity index (χ1) is 9.31. The van der Waals surface area contributed by atoms with Crippen LogP contribution < -0.4 is 0 Å². The Labute approximate surface area is 118 Å². The molecule has 0 aromatic carbocycles. The van der Waals surface area contributed by atoms with Crippen LogP contribution in [0.15, 0.2) is 11.1 Å². The molecule has 3 aliphatic rings. The Bertz CT molecular complexity index is 481. The number of carboxylic acids is 1. The average molecular weight is 282 g/mol. The van der Waals surface area contributed by atoms with E-state index in [9.17, 15) is 20.1 Å². The fraction of sp³-hybridized carbons (Fsp3) is 0.800. The van der Waals surface area contributed by atoms with Crippen LogP contribution in [0.2, 0.25) is 0 Å². The molecule has 20 heavy (non-hydrogen) atoms. The molecule has 2 aliphatic carbocycles. The van der Waals surface area contributed by atoms with Crippen molar-refractivity contribution in [2.24, 2.45) is 11.3 Å². The molecule has 2 saturated carbocycles. The van der Waals surface area contributed by atoms with Gasteiger partial charge in [0.25, 0.3) is 0 Å². The van der Waals surface area contributed by atoms with Crippen LogP contribution in [-0.2, 0) is 9.53 Å². The Hall–Kier alpha value is -0.910. The third kappa shape index (κ3) is 1.63. The van der Waals surface area contributed by atoms with Gasteiger partial charge >= 0.3 is 5.97 Å². The number of rotatable bonds is 1. The molecule has 2 bridgehead atoms. The van der Waals surface area contributed by atoms with Crippen LogP contribution in [0.5, 0.6) is 0 Å². The van der Waals surface area contributed by atoms with Gasteiger partial charge in [0.1, 0.15) is 6.10 Å². The molecule has 5 nitrogen and oxygen atoms in total. The van der Waals surface area contributed by atoms with E-state index in [4.69, 9.17) is 4.74 Å². The summed E-state index contributed by atoms with van der Waals surface area (Å²) in [5.41, 5.74) is 0.268. The van der Waals surface area contributed by atoms with E-state index >= 15 is 0 Å².